The number of non-ortho nitro benzene ring substituents is 1. The Bertz CT molecular complexity index is 993. The van der Waals surface area contributed by atoms with Gasteiger partial charge in [-0.05, 0) is 37.1 Å². The van der Waals surface area contributed by atoms with Gasteiger partial charge in [0.1, 0.15) is 0 Å². The van der Waals surface area contributed by atoms with E-state index in [0.29, 0.717) is 11.3 Å². The van der Waals surface area contributed by atoms with Crippen molar-refractivity contribution < 1.29 is 9.72 Å². The minimum Gasteiger partial charge on any atom is -0.348 e. The summed E-state index contributed by atoms with van der Waals surface area (Å²) in [6.07, 6.45) is 2.44. The fourth-order valence-electron chi connectivity index (χ4n) is 3.11. The van der Waals surface area contributed by atoms with Gasteiger partial charge in [0.15, 0.2) is 5.13 Å². The Labute approximate surface area is 165 Å². The molecule has 4 rings (SSSR count). The molecule has 0 aliphatic carbocycles. The van der Waals surface area contributed by atoms with Gasteiger partial charge in [-0.25, -0.2) is 4.98 Å². The smallest absolute Gasteiger partial charge is 0.269 e. The Morgan fingerprint density at radius 2 is 1.75 bits per heavy atom. The Morgan fingerprint density at radius 3 is 2.39 bits per heavy atom. The van der Waals surface area contributed by atoms with Crippen molar-refractivity contribution in [3.63, 3.8) is 0 Å². The van der Waals surface area contributed by atoms with E-state index in [1.165, 1.54) is 37.1 Å². The normalized spacial score (nSPS) is 13.5. The van der Waals surface area contributed by atoms with Crippen LogP contribution in [0.4, 0.5) is 16.5 Å². The molecule has 7 nitrogen and oxygen atoms in total. The number of carbonyl (C=O) groups is 1. The van der Waals surface area contributed by atoms with Gasteiger partial charge in [-0.2, -0.15) is 0 Å². The van der Waals surface area contributed by atoms with Crippen molar-refractivity contribution in [3.05, 3.63) is 69.6 Å². The molecule has 0 unspecified atom stereocenters. The number of nitrogens with one attached hydrogen (secondary N) is 1. The molecule has 0 saturated carbocycles. The van der Waals surface area contributed by atoms with Crippen molar-refractivity contribution in [2.24, 2.45) is 0 Å². The highest BCUT2D eigenvalue weighted by molar-refractivity contribution is 7.14. The van der Waals surface area contributed by atoms with Crippen molar-refractivity contribution in [3.8, 4) is 11.3 Å². The largest absolute Gasteiger partial charge is 0.348 e. The molecule has 0 atom stereocenters. The van der Waals surface area contributed by atoms with Crippen LogP contribution in [0.5, 0.6) is 0 Å². The number of nitro benzene ring substituents is 1. The van der Waals surface area contributed by atoms with Crippen LogP contribution in [0.1, 0.15) is 23.2 Å². The molecule has 2 heterocycles. The van der Waals surface area contributed by atoms with E-state index in [0.717, 1.165) is 29.5 Å². The van der Waals surface area contributed by atoms with Gasteiger partial charge in [0, 0.05) is 47.4 Å². The van der Waals surface area contributed by atoms with E-state index >= 15 is 0 Å². The second-order valence-electron chi connectivity index (χ2n) is 6.54. The lowest BCUT2D eigenvalue weighted by Crippen LogP contribution is -2.17. The van der Waals surface area contributed by atoms with Crippen LogP contribution in [0.3, 0.4) is 0 Å². The molecule has 0 spiro atoms. The lowest BCUT2D eigenvalue weighted by molar-refractivity contribution is -0.384. The second kappa shape index (κ2) is 7.77. The molecular formula is C20H18N4O3S. The predicted molar refractivity (Wildman–Crippen MR) is 110 cm³/mol. The first-order chi connectivity index (χ1) is 13.6. The number of anilines is 2. The highest BCUT2D eigenvalue weighted by Gasteiger charge is 2.16. The summed E-state index contributed by atoms with van der Waals surface area (Å²) >= 11 is 1.65. The fourth-order valence-corrected chi connectivity index (χ4v) is 4.00. The Balaban J connectivity index is 1.43. The van der Waals surface area contributed by atoms with E-state index in [2.05, 4.69) is 15.6 Å². The third-order valence-electron chi connectivity index (χ3n) is 4.65. The Morgan fingerprint density at radius 1 is 1.07 bits per heavy atom. The average Bonchev–Trinajstić information content (AvgIpc) is 3.40. The fraction of sp³-hybridized carbons (Fsp3) is 0.200. The van der Waals surface area contributed by atoms with Crippen LogP contribution >= 0.6 is 11.3 Å². The van der Waals surface area contributed by atoms with E-state index in [9.17, 15) is 14.9 Å². The van der Waals surface area contributed by atoms with Gasteiger partial charge >= 0.3 is 0 Å². The number of rotatable bonds is 5. The van der Waals surface area contributed by atoms with Gasteiger partial charge in [-0.1, -0.05) is 12.1 Å². The zero-order valence-electron chi connectivity index (χ0n) is 15.0. The standard InChI is InChI=1S/C20H18N4O3S/c25-19(15-5-9-17(10-6-15)24(26)27)21-16-7-3-14(4-8-16)18-13-28-20(22-18)23-11-1-2-12-23/h3-10,13H,1-2,11-12H2,(H,21,25). The van der Waals surface area contributed by atoms with Gasteiger partial charge in [0.2, 0.25) is 0 Å². The van der Waals surface area contributed by atoms with Crippen molar-refractivity contribution in [2.75, 3.05) is 23.3 Å². The molecule has 1 N–H and O–H groups in total. The molecule has 2 aromatic carbocycles. The average molecular weight is 394 g/mol. The van der Waals surface area contributed by atoms with Gasteiger partial charge in [-0.3, -0.25) is 14.9 Å². The maximum atomic E-state index is 12.3. The summed E-state index contributed by atoms with van der Waals surface area (Å²) in [4.78, 5) is 29.5. The van der Waals surface area contributed by atoms with Crippen LogP contribution in [-0.2, 0) is 0 Å². The van der Waals surface area contributed by atoms with E-state index in [1.807, 2.05) is 24.3 Å². The van der Waals surface area contributed by atoms with Gasteiger partial charge in [0.05, 0.1) is 10.6 Å². The minimum absolute atomic E-state index is 0.0440. The van der Waals surface area contributed by atoms with Crippen molar-refractivity contribution in [1.29, 1.82) is 0 Å². The lowest BCUT2D eigenvalue weighted by atomic mass is 10.1. The zero-order chi connectivity index (χ0) is 19.5. The van der Waals surface area contributed by atoms with E-state index in [-0.39, 0.29) is 11.6 Å². The first kappa shape index (κ1) is 18.1. The highest BCUT2D eigenvalue weighted by atomic mass is 32.1. The Kier molecular flexibility index (Phi) is 5.03. The first-order valence-electron chi connectivity index (χ1n) is 8.97. The van der Waals surface area contributed by atoms with Gasteiger partial charge in [-0.15, -0.1) is 11.3 Å². The van der Waals surface area contributed by atoms with E-state index < -0.39 is 4.92 Å². The third kappa shape index (κ3) is 3.86. The molecule has 1 aromatic heterocycles. The first-order valence-corrected chi connectivity index (χ1v) is 9.85. The summed E-state index contributed by atoms with van der Waals surface area (Å²) < 4.78 is 0. The molecular weight excluding hydrogens is 376 g/mol. The van der Waals surface area contributed by atoms with Crippen LogP contribution in [0, 0.1) is 10.1 Å². The SMILES string of the molecule is O=C(Nc1ccc(-c2csc(N3CCCC3)n2)cc1)c1ccc([N+](=O)[O-])cc1. The minimum atomic E-state index is -0.492. The van der Waals surface area contributed by atoms with Gasteiger partial charge < -0.3 is 10.2 Å². The molecule has 0 bridgehead atoms. The number of benzene rings is 2. The number of nitrogens with zero attached hydrogens (tertiary/aromatic N) is 3. The molecule has 8 heteroatoms. The number of hydrogen-bond donors (Lipinski definition) is 1. The molecule has 142 valence electrons. The molecule has 1 amide bonds. The van der Waals surface area contributed by atoms with Crippen LogP contribution in [0.2, 0.25) is 0 Å². The number of nitro groups is 1. The number of amides is 1. The van der Waals surface area contributed by atoms with E-state index in [1.54, 1.807) is 11.3 Å². The number of carbonyl (C=O) groups excluding carboxylic acids is 1. The highest BCUT2D eigenvalue weighted by Crippen LogP contribution is 2.30. The maximum Gasteiger partial charge on any atom is 0.269 e. The van der Waals surface area contributed by atoms with Crippen LogP contribution < -0.4 is 10.2 Å². The van der Waals surface area contributed by atoms with E-state index in [4.69, 9.17) is 4.98 Å². The Hall–Kier alpha value is -3.26. The molecule has 1 fully saturated rings. The number of aromatic nitrogens is 1. The lowest BCUT2D eigenvalue weighted by Gasteiger charge is -2.12. The summed E-state index contributed by atoms with van der Waals surface area (Å²) in [5, 5.41) is 16.6. The van der Waals surface area contributed by atoms with Gasteiger partial charge in [0.25, 0.3) is 11.6 Å². The summed E-state index contributed by atoms with van der Waals surface area (Å²) in [7, 11) is 0. The molecule has 1 aliphatic rings. The van der Waals surface area contributed by atoms with Crippen LogP contribution in [-0.4, -0.2) is 28.9 Å². The predicted octanol–water partition coefficient (Wildman–Crippen LogP) is 4.57. The summed E-state index contributed by atoms with van der Waals surface area (Å²) in [6, 6.07) is 13.0. The van der Waals surface area contributed by atoms with Crippen LogP contribution in [0.15, 0.2) is 53.9 Å². The molecule has 0 radical (unpaired) electrons. The quantitative estimate of drug-likeness (QED) is 0.506. The topological polar surface area (TPSA) is 88.4 Å². The van der Waals surface area contributed by atoms with Crippen molar-refractivity contribution in [2.45, 2.75) is 12.8 Å². The summed E-state index contributed by atoms with van der Waals surface area (Å²) in [6.45, 7) is 2.14. The van der Waals surface area contributed by atoms with Crippen LogP contribution in [0.25, 0.3) is 11.3 Å². The maximum absolute atomic E-state index is 12.3. The molecule has 3 aromatic rings. The summed E-state index contributed by atoms with van der Waals surface area (Å²) in [5.41, 5.74) is 2.90. The third-order valence-corrected chi connectivity index (χ3v) is 5.55. The monoisotopic (exact) mass is 394 g/mol. The number of thiazole rings is 1. The second-order valence-corrected chi connectivity index (χ2v) is 7.38. The number of hydrogen-bond acceptors (Lipinski definition) is 6. The molecule has 1 saturated heterocycles. The van der Waals surface area contributed by atoms with Crippen molar-refractivity contribution >= 4 is 33.8 Å². The van der Waals surface area contributed by atoms with Crippen molar-refractivity contribution in [1.82, 2.24) is 4.98 Å². The zero-order valence-corrected chi connectivity index (χ0v) is 15.8. The molecule has 1 aliphatic heterocycles. The summed E-state index contributed by atoms with van der Waals surface area (Å²) in [5.74, 6) is -0.312. The molecule has 28 heavy (non-hydrogen) atoms.